The number of hydrogen-bond acceptors (Lipinski definition) is 3. The number of piperazine rings is 1. The van der Waals surface area contributed by atoms with E-state index in [2.05, 4.69) is 67.3 Å². The van der Waals surface area contributed by atoms with Gasteiger partial charge in [0.05, 0.1) is 0 Å². The predicted molar refractivity (Wildman–Crippen MR) is 87.5 cm³/mol. The molecule has 1 aliphatic rings. The van der Waals surface area contributed by atoms with Crippen LogP contribution < -0.4 is 10.2 Å². The zero-order valence-electron chi connectivity index (χ0n) is 13.4. The van der Waals surface area contributed by atoms with E-state index < -0.39 is 0 Å². The van der Waals surface area contributed by atoms with Gasteiger partial charge in [0.2, 0.25) is 0 Å². The van der Waals surface area contributed by atoms with Crippen molar-refractivity contribution in [3.05, 3.63) is 29.8 Å². The van der Waals surface area contributed by atoms with Crippen molar-refractivity contribution in [2.45, 2.75) is 38.8 Å². The monoisotopic (exact) mass is 275 g/mol. The third kappa shape index (κ3) is 3.15. The Kier molecular flexibility index (Phi) is 5.44. The van der Waals surface area contributed by atoms with Crippen LogP contribution in [0.1, 0.15) is 38.3 Å². The molecule has 0 aliphatic carbocycles. The van der Waals surface area contributed by atoms with Gasteiger partial charge in [-0.25, -0.2) is 0 Å². The molecule has 0 bridgehead atoms. The molecule has 20 heavy (non-hydrogen) atoms. The maximum Gasteiger partial charge on any atom is 0.0415 e. The molecule has 1 saturated heterocycles. The lowest BCUT2D eigenvalue weighted by Gasteiger charge is -2.41. The van der Waals surface area contributed by atoms with Crippen molar-refractivity contribution in [3.8, 4) is 0 Å². The van der Waals surface area contributed by atoms with Crippen LogP contribution in [0.4, 0.5) is 5.69 Å². The quantitative estimate of drug-likeness (QED) is 0.891. The van der Waals surface area contributed by atoms with E-state index in [0.717, 1.165) is 26.1 Å². The van der Waals surface area contributed by atoms with Crippen LogP contribution in [0.5, 0.6) is 0 Å². The van der Waals surface area contributed by atoms with Crippen LogP contribution in [0.3, 0.4) is 0 Å². The van der Waals surface area contributed by atoms with E-state index in [1.165, 1.54) is 17.7 Å². The standard InChI is InChI=1S/C17H29N3/c1-5-14-13-20(12-11-19(14)4)17-10-8-7-9-15(17)16(6-2)18-3/h7-10,14,16,18H,5-6,11-13H2,1-4H3. The normalized spacial score (nSPS) is 22.0. The highest BCUT2D eigenvalue weighted by Gasteiger charge is 2.25. The summed E-state index contributed by atoms with van der Waals surface area (Å²) in [5, 5.41) is 3.44. The molecule has 0 radical (unpaired) electrons. The summed E-state index contributed by atoms with van der Waals surface area (Å²) < 4.78 is 0. The third-order valence-corrected chi connectivity index (χ3v) is 4.66. The smallest absolute Gasteiger partial charge is 0.0415 e. The number of para-hydroxylation sites is 1. The number of rotatable bonds is 5. The third-order valence-electron chi connectivity index (χ3n) is 4.66. The maximum atomic E-state index is 3.44. The van der Waals surface area contributed by atoms with Gasteiger partial charge < -0.3 is 10.2 Å². The fourth-order valence-electron chi connectivity index (χ4n) is 3.26. The Balaban J connectivity index is 2.24. The van der Waals surface area contributed by atoms with Crippen LogP contribution in [-0.2, 0) is 0 Å². The molecular formula is C17H29N3. The van der Waals surface area contributed by atoms with E-state index in [9.17, 15) is 0 Å². The molecule has 2 unspecified atom stereocenters. The summed E-state index contributed by atoms with van der Waals surface area (Å²) in [7, 11) is 4.31. The van der Waals surface area contributed by atoms with Gasteiger partial charge in [-0.15, -0.1) is 0 Å². The van der Waals surface area contributed by atoms with Crippen LogP contribution in [-0.4, -0.2) is 44.7 Å². The predicted octanol–water partition coefficient (Wildman–Crippen LogP) is 2.89. The van der Waals surface area contributed by atoms with Gasteiger partial charge in [-0.3, -0.25) is 4.90 Å². The van der Waals surface area contributed by atoms with E-state index >= 15 is 0 Å². The molecule has 1 aromatic carbocycles. The molecule has 0 saturated carbocycles. The number of anilines is 1. The minimum absolute atomic E-state index is 0.450. The van der Waals surface area contributed by atoms with E-state index in [0.29, 0.717) is 12.1 Å². The summed E-state index contributed by atoms with van der Waals surface area (Å²) in [5.74, 6) is 0. The van der Waals surface area contributed by atoms with Crippen LogP contribution in [0.15, 0.2) is 24.3 Å². The summed E-state index contributed by atoms with van der Waals surface area (Å²) in [4.78, 5) is 5.07. The van der Waals surface area contributed by atoms with E-state index in [4.69, 9.17) is 0 Å². The highest BCUT2D eigenvalue weighted by Crippen LogP contribution is 2.29. The van der Waals surface area contributed by atoms with Crippen molar-refractivity contribution in [1.82, 2.24) is 10.2 Å². The maximum absolute atomic E-state index is 3.44. The lowest BCUT2D eigenvalue weighted by Crippen LogP contribution is -2.51. The molecule has 3 nitrogen and oxygen atoms in total. The van der Waals surface area contributed by atoms with Gasteiger partial charge in [-0.05, 0) is 38.6 Å². The van der Waals surface area contributed by atoms with Gasteiger partial charge in [-0.1, -0.05) is 32.0 Å². The van der Waals surface area contributed by atoms with E-state index in [1.807, 2.05) is 0 Å². The second-order valence-electron chi connectivity index (χ2n) is 5.80. The van der Waals surface area contributed by atoms with Gasteiger partial charge in [-0.2, -0.15) is 0 Å². The van der Waals surface area contributed by atoms with E-state index in [1.54, 1.807) is 0 Å². The second kappa shape index (κ2) is 7.09. The van der Waals surface area contributed by atoms with Gasteiger partial charge >= 0.3 is 0 Å². The number of nitrogens with one attached hydrogen (secondary N) is 1. The van der Waals surface area contributed by atoms with Crippen molar-refractivity contribution in [2.24, 2.45) is 0 Å². The van der Waals surface area contributed by atoms with Crippen molar-refractivity contribution in [2.75, 3.05) is 38.6 Å². The number of hydrogen-bond donors (Lipinski definition) is 1. The average molecular weight is 275 g/mol. The van der Waals surface area contributed by atoms with Crippen molar-refractivity contribution >= 4 is 5.69 Å². The Hall–Kier alpha value is -1.06. The van der Waals surface area contributed by atoms with Gasteiger partial charge in [0.25, 0.3) is 0 Å². The summed E-state index contributed by atoms with van der Waals surface area (Å²) in [6, 6.07) is 10.0. The molecular weight excluding hydrogens is 246 g/mol. The first-order valence-corrected chi connectivity index (χ1v) is 7.92. The van der Waals surface area contributed by atoms with Crippen molar-refractivity contribution in [3.63, 3.8) is 0 Å². The Morgan fingerprint density at radius 2 is 2.00 bits per heavy atom. The highest BCUT2D eigenvalue weighted by molar-refractivity contribution is 5.55. The molecule has 112 valence electrons. The van der Waals surface area contributed by atoms with Crippen molar-refractivity contribution in [1.29, 1.82) is 0 Å². The molecule has 2 atom stereocenters. The SMILES string of the molecule is CCC(NC)c1ccccc1N1CCN(C)C(CC)C1. The number of benzene rings is 1. The van der Waals surface area contributed by atoms with Gasteiger partial charge in [0, 0.05) is 37.4 Å². The summed E-state index contributed by atoms with van der Waals surface area (Å²) in [6.07, 6.45) is 2.34. The fraction of sp³-hybridized carbons (Fsp3) is 0.647. The summed E-state index contributed by atoms with van der Waals surface area (Å²) >= 11 is 0. The Morgan fingerprint density at radius 1 is 1.25 bits per heavy atom. The zero-order chi connectivity index (χ0) is 14.5. The lowest BCUT2D eigenvalue weighted by molar-refractivity contribution is 0.213. The van der Waals surface area contributed by atoms with Crippen LogP contribution in [0, 0.1) is 0 Å². The average Bonchev–Trinajstić information content (AvgIpc) is 2.50. The first-order valence-electron chi connectivity index (χ1n) is 7.92. The second-order valence-corrected chi connectivity index (χ2v) is 5.80. The Morgan fingerprint density at radius 3 is 2.65 bits per heavy atom. The highest BCUT2D eigenvalue weighted by atomic mass is 15.3. The van der Waals surface area contributed by atoms with Gasteiger partial charge in [0.15, 0.2) is 0 Å². The molecule has 3 heteroatoms. The molecule has 1 aromatic rings. The van der Waals surface area contributed by atoms with E-state index in [-0.39, 0.29) is 0 Å². The minimum atomic E-state index is 0.450. The first-order chi connectivity index (χ1) is 9.71. The summed E-state index contributed by atoms with van der Waals surface area (Å²) in [5.41, 5.74) is 2.86. The first kappa shape index (κ1) is 15.3. The molecule has 1 fully saturated rings. The summed E-state index contributed by atoms with van der Waals surface area (Å²) in [6.45, 7) is 7.97. The van der Waals surface area contributed by atoms with Crippen LogP contribution in [0.2, 0.25) is 0 Å². The molecule has 1 N–H and O–H groups in total. The molecule has 0 amide bonds. The fourth-order valence-corrected chi connectivity index (χ4v) is 3.26. The van der Waals surface area contributed by atoms with Crippen molar-refractivity contribution < 1.29 is 0 Å². The lowest BCUT2D eigenvalue weighted by atomic mass is 10.00. The topological polar surface area (TPSA) is 18.5 Å². The largest absolute Gasteiger partial charge is 0.368 e. The van der Waals surface area contributed by atoms with Gasteiger partial charge in [0.1, 0.15) is 0 Å². The molecule has 2 rings (SSSR count). The minimum Gasteiger partial charge on any atom is -0.368 e. The molecule has 1 aliphatic heterocycles. The molecule has 0 aromatic heterocycles. The Bertz CT molecular complexity index is 414. The molecule has 1 heterocycles. The Labute approximate surface area is 124 Å². The van der Waals surface area contributed by atoms with Crippen LogP contribution in [0.25, 0.3) is 0 Å². The number of nitrogens with zero attached hydrogens (tertiary/aromatic N) is 2. The van der Waals surface area contributed by atoms with Crippen LogP contribution >= 0.6 is 0 Å². The number of likely N-dealkylation sites (N-methyl/N-ethyl adjacent to an activating group) is 1. The zero-order valence-corrected chi connectivity index (χ0v) is 13.4. The molecule has 0 spiro atoms.